The zero-order valence-electron chi connectivity index (χ0n) is 27.0. The van der Waals surface area contributed by atoms with Gasteiger partial charge < -0.3 is 0 Å². The van der Waals surface area contributed by atoms with Crippen LogP contribution in [0.1, 0.15) is 22.3 Å². The Morgan fingerprint density at radius 1 is 0.420 bits per heavy atom. The van der Waals surface area contributed by atoms with Crippen molar-refractivity contribution in [2.45, 2.75) is 5.41 Å². The third kappa shape index (κ3) is 3.16. The smallest absolute Gasteiger partial charge is 0.143 e. The van der Waals surface area contributed by atoms with Gasteiger partial charge in [0.15, 0.2) is 0 Å². The number of aromatic nitrogens is 1. The van der Waals surface area contributed by atoms with Crippen LogP contribution in [-0.4, -0.2) is 0 Å². The van der Waals surface area contributed by atoms with E-state index in [1.165, 1.54) is 104 Å². The van der Waals surface area contributed by atoms with E-state index in [0.717, 1.165) is 0 Å². The highest BCUT2D eigenvalue weighted by atomic mass is 32.1. The molecule has 3 aliphatic rings. The number of hydrogen-bond donors (Lipinski definition) is 0. The van der Waals surface area contributed by atoms with E-state index < -0.39 is 5.41 Å². The molecule has 50 heavy (non-hydrogen) atoms. The van der Waals surface area contributed by atoms with Crippen LogP contribution in [0.2, 0.25) is 0 Å². The average molecular weight is 651 g/mol. The second kappa shape index (κ2) is 9.53. The number of nitrogens with zero attached hydrogens (tertiary/aromatic N) is 1. The molecule has 0 N–H and O–H groups in total. The van der Waals surface area contributed by atoms with Crippen LogP contribution in [0.25, 0.3) is 81.8 Å². The molecule has 0 amide bonds. The summed E-state index contributed by atoms with van der Waals surface area (Å²) in [6.45, 7) is 0. The van der Waals surface area contributed by atoms with Crippen LogP contribution in [-0.2, 0) is 5.41 Å². The number of para-hydroxylation sites is 2. The molecule has 1 aromatic heterocycles. The van der Waals surface area contributed by atoms with Gasteiger partial charge in [-0.25, -0.2) is 0 Å². The van der Waals surface area contributed by atoms with Crippen LogP contribution in [0, 0.1) is 0 Å². The molecule has 1 atom stereocenters. The van der Waals surface area contributed by atoms with Crippen molar-refractivity contribution in [2.75, 3.05) is 0 Å². The Balaban J connectivity index is 1.22. The summed E-state index contributed by atoms with van der Waals surface area (Å²) in [6.07, 6.45) is 0. The zero-order valence-corrected chi connectivity index (χ0v) is 27.8. The molecule has 0 fully saturated rings. The topological polar surface area (TPSA) is 3.88 Å². The van der Waals surface area contributed by atoms with Gasteiger partial charge in [0.25, 0.3) is 5.01 Å². The van der Waals surface area contributed by atoms with E-state index >= 15 is 0 Å². The first-order chi connectivity index (χ1) is 24.8. The summed E-state index contributed by atoms with van der Waals surface area (Å²) < 4.78 is 3.73. The van der Waals surface area contributed by atoms with Crippen LogP contribution >= 0.6 is 11.3 Å². The van der Waals surface area contributed by atoms with E-state index in [4.69, 9.17) is 0 Å². The minimum Gasteiger partial charge on any atom is -0.143 e. The molecule has 8 aromatic carbocycles. The third-order valence-corrected chi connectivity index (χ3v) is 12.7. The number of benzene rings is 8. The van der Waals surface area contributed by atoms with E-state index in [1.807, 2.05) is 11.3 Å². The van der Waals surface area contributed by atoms with Crippen molar-refractivity contribution in [2.24, 2.45) is 0 Å². The van der Waals surface area contributed by atoms with Gasteiger partial charge in [-0.05, 0) is 102 Å². The summed E-state index contributed by atoms with van der Waals surface area (Å²) in [5.41, 5.74) is 19.5. The highest BCUT2D eigenvalue weighted by molar-refractivity contribution is 7.21. The highest BCUT2D eigenvalue weighted by Crippen LogP contribution is 2.66. The van der Waals surface area contributed by atoms with Crippen molar-refractivity contribution in [3.63, 3.8) is 0 Å². The summed E-state index contributed by atoms with van der Waals surface area (Å²) in [4.78, 5) is 0. The minimum absolute atomic E-state index is 0.444. The fourth-order valence-corrected chi connectivity index (χ4v) is 10.8. The molecule has 12 rings (SSSR count). The quantitative estimate of drug-likeness (QED) is 0.164. The van der Waals surface area contributed by atoms with Gasteiger partial charge in [0.05, 0.1) is 11.0 Å². The maximum absolute atomic E-state index is 2.56. The average Bonchev–Trinajstić information content (AvgIpc) is 3.90. The summed E-state index contributed by atoms with van der Waals surface area (Å²) in [7, 11) is 0. The molecule has 0 radical (unpaired) electrons. The first-order valence-electron chi connectivity index (χ1n) is 17.4. The Morgan fingerprint density at radius 2 is 1.06 bits per heavy atom. The fraction of sp³-hybridized carbons (Fsp3) is 0.0208. The number of rotatable bonds is 2. The Morgan fingerprint density at radius 3 is 1.90 bits per heavy atom. The number of fused-ring (bicyclic) bond motifs is 15. The number of hydrogen-bond acceptors (Lipinski definition) is 1. The first kappa shape index (κ1) is 26.8. The van der Waals surface area contributed by atoms with Crippen molar-refractivity contribution >= 4 is 32.3 Å². The standard InChI is InChI=1S/C48H28NS/c1-2-13-30(14-3-1)49-43-23-10-11-24-44(43)50-47(49)29-25-26-34-33-17-6-8-21-39(33)48(41(34)27-29)40-22-9-7-18-36(40)46-37-20-12-19-35-31-15-4-5-16-32(31)38(45(35)37)28-42(46)48/h1-28H/q+1. The number of thiazole rings is 1. The molecular weight excluding hydrogens is 623 g/mol. The van der Waals surface area contributed by atoms with Gasteiger partial charge in [0.1, 0.15) is 4.70 Å². The van der Waals surface area contributed by atoms with Crippen molar-refractivity contribution in [1.82, 2.24) is 0 Å². The molecule has 0 saturated heterocycles. The van der Waals surface area contributed by atoms with Gasteiger partial charge in [0.2, 0.25) is 11.2 Å². The molecule has 1 spiro atoms. The first-order valence-corrected chi connectivity index (χ1v) is 18.2. The monoisotopic (exact) mass is 650 g/mol. The second-order valence-electron chi connectivity index (χ2n) is 13.8. The molecule has 1 unspecified atom stereocenters. The van der Waals surface area contributed by atoms with Gasteiger partial charge in [-0.1, -0.05) is 139 Å². The third-order valence-electron chi connectivity index (χ3n) is 11.5. The summed E-state index contributed by atoms with van der Waals surface area (Å²) in [5, 5.41) is 3.98. The van der Waals surface area contributed by atoms with Crippen molar-refractivity contribution in [3.05, 3.63) is 192 Å². The van der Waals surface area contributed by atoms with E-state index in [0.29, 0.717) is 0 Å². The van der Waals surface area contributed by atoms with Gasteiger partial charge in [-0.2, -0.15) is 0 Å². The van der Waals surface area contributed by atoms with Gasteiger partial charge in [0, 0.05) is 18.2 Å². The minimum atomic E-state index is -0.444. The SMILES string of the molecule is c1ccc(-[n+]2c(-c3ccc4c(c3)C3(c5ccccc5-4)c4ccccc4-c4c3cc3c5c(cccc45)-c4ccccc4-3)sc3ccccc32)cc1. The molecule has 230 valence electrons. The van der Waals surface area contributed by atoms with Crippen molar-refractivity contribution in [1.29, 1.82) is 0 Å². The summed E-state index contributed by atoms with van der Waals surface area (Å²) in [5.74, 6) is 0. The van der Waals surface area contributed by atoms with Gasteiger partial charge in [-0.3, -0.25) is 0 Å². The molecule has 2 heteroatoms. The second-order valence-corrected chi connectivity index (χ2v) is 14.8. The molecule has 1 heterocycles. The molecule has 1 nitrogen and oxygen atoms in total. The Labute approximate surface area is 294 Å². The van der Waals surface area contributed by atoms with Gasteiger partial charge >= 0.3 is 0 Å². The van der Waals surface area contributed by atoms with E-state index in [-0.39, 0.29) is 0 Å². The molecule has 0 aliphatic heterocycles. The Bertz CT molecular complexity index is 2930. The lowest BCUT2D eigenvalue weighted by Crippen LogP contribution is -2.31. The maximum Gasteiger partial charge on any atom is 0.275 e. The van der Waals surface area contributed by atoms with Gasteiger partial charge in [-0.15, -0.1) is 4.57 Å². The highest BCUT2D eigenvalue weighted by Gasteiger charge is 2.53. The molecule has 9 aromatic rings. The summed E-state index contributed by atoms with van der Waals surface area (Å²) in [6, 6.07) is 63.7. The van der Waals surface area contributed by atoms with E-state index in [2.05, 4.69) is 174 Å². The van der Waals surface area contributed by atoms with Crippen LogP contribution in [0.5, 0.6) is 0 Å². The molecule has 0 bridgehead atoms. The predicted molar refractivity (Wildman–Crippen MR) is 207 cm³/mol. The van der Waals surface area contributed by atoms with Crippen LogP contribution in [0.4, 0.5) is 0 Å². The van der Waals surface area contributed by atoms with Crippen molar-refractivity contribution < 1.29 is 4.57 Å². The normalized spacial score (nSPS) is 15.7. The maximum atomic E-state index is 2.56. The van der Waals surface area contributed by atoms with E-state index in [1.54, 1.807) is 0 Å². The van der Waals surface area contributed by atoms with Crippen LogP contribution in [0.15, 0.2) is 170 Å². The van der Waals surface area contributed by atoms with Crippen LogP contribution in [0.3, 0.4) is 0 Å². The fourth-order valence-electron chi connectivity index (χ4n) is 9.64. The predicted octanol–water partition coefficient (Wildman–Crippen LogP) is 12.0. The van der Waals surface area contributed by atoms with E-state index in [9.17, 15) is 0 Å². The molecular formula is C48H28NS+. The molecule has 3 aliphatic carbocycles. The van der Waals surface area contributed by atoms with Crippen molar-refractivity contribution in [3.8, 4) is 60.8 Å². The zero-order chi connectivity index (χ0) is 32.6. The summed E-state index contributed by atoms with van der Waals surface area (Å²) >= 11 is 1.87. The lowest BCUT2D eigenvalue weighted by atomic mass is 9.70. The van der Waals surface area contributed by atoms with Crippen LogP contribution < -0.4 is 4.57 Å². The lowest BCUT2D eigenvalue weighted by Gasteiger charge is -2.31. The largest absolute Gasteiger partial charge is 0.275 e. The Hall–Kier alpha value is -6.09. The lowest BCUT2D eigenvalue weighted by molar-refractivity contribution is -0.550. The molecule has 0 saturated carbocycles. The Kier molecular flexibility index (Phi) is 5.11.